The highest BCUT2D eigenvalue weighted by molar-refractivity contribution is 6.31. The van der Waals surface area contributed by atoms with E-state index in [0.29, 0.717) is 29.7 Å². The Labute approximate surface area is 138 Å². The lowest BCUT2D eigenvalue weighted by Gasteiger charge is -2.46. The molecule has 5 nitrogen and oxygen atoms in total. The molecule has 2 aliphatic rings. The summed E-state index contributed by atoms with van der Waals surface area (Å²) >= 11 is 6.27. The summed E-state index contributed by atoms with van der Waals surface area (Å²) in [5.74, 6) is 1.19. The minimum atomic E-state index is -0.594. The number of ether oxygens (including phenoxy) is 2. The molecule has 118 valence electrons. The van der Waals surface area contributed by atoms with E-state index in [2.05, 4.69) is 0 Å². The summed E-state index contributed by atoms with van der Waals surface area (Å²) in [7, 11) is 0. The quantitative estimate of drug-likeness (QED) is 0.859. The zero-order valence-corrected chi connectivity index (χ0v) is 13.0. The van der Waals surface area contributed by atoms with Gasteiger partial charge in [-0.25, -0.2) is 0 Å². The van der Waals surface area contributed by atoms with Crippen molar-refractivity contribution in [1.29, 1.82) is 0 Å². The number of β-lactam (4-membered cyclic amide) rings is 1. The third-order valence-corrected chi connectivity index (χ3v) is 4.51. The van der Waals surface area contributed by atoms with Gasteiger partial charge in [0.15, 0.2) is 11.5 Å². The van der Waals surface area contributed by atoms with Crippen molar-refractivity contribution in [2.75, 3.05) is 18.1 Å². The number of hydrogen-bond donors (Lipinski definition) is 1. The number of rotatable bonds is 2. The molecule has 0 aromatic heterocycles. The van der Waals surface area contributed by atoms with Crippen LogP contribution in [0, 0.1) is 0 Å². The van der Waals surface area contributed by atoms with Crippen LogP contribution in [0.4, 0.5) is 5.69 Å². The van der Waals surface area contributed by atoms with E-state index < -0.39 is 6.04 Å². The summed E-state index contributed by atoms with van der Waals surface area (Å²) in [6.07, 6.45) is 0. The number of anilines is 1. The minimum absolute atomic E-state index is 0.133. The zero-order chi connectivity index (χ0) is 16.0. The molecule has 0 unspecified atom stereocenters. The Morgan fingerprint density at radius 3 is 2.61 bits per heavy atom. The van der Waals surface area contributed by atoms with Crippen molar-refractivity contribution in [3.8, 4) is 11.5 Å². The molecule has 2 aromatic carbocycles. The summed E-state index contributed by atoms with van der Waals surface area (Å²) in [6, 6.07) is 12.0. The van der Waals surface area contributed by atoms with Crippen molar-refractivity contribution in [2.45, 2.75) is 12.1 Å². The number of carbonyl (C=O) groups excluding carboxylic acids is 1. The number of halogens is 1. The van der Waals surface area contributed by atoms with Gasteiger partial charge < -0.3 is 20.1 Å². The third-order valence-electron chi connectivity index (χ3n) is 4.17. The number of nitrogens with zero attached hydrogens (tertiary/aromatic N) is 1. The summed E-state index contributed by atoms with van der Waals surface area (Å²) in [5, 5.41) is 0.600. The van der Waals surface area contributed by atoms with Crippen LogP contribution in [0.2, 0.25) is 5.02 Å². The van der Waals surface area contributed by atoms with Gasteiger partial charge in [0.1, 0.15) is 19.3 Å². The fourth-order valence-corrected chi connectivity index (χ4v) is 3.28. The summed E-state index contributed by atoms with van der Waals surface area (Å²) in [5.41, 5.74) is 7.60. The molecule has 0 bridgehead atoms. The van der Waals surface area contributed by atoms with E-state index in [1.807, 2.05) is 36.4 Å². The molecular weight excluding hydrogens is 316 g/mol. The van der Waals surface area contributed by atoms with Gasteiger partial charge in [-0.2, -0.15) is 0 Å². The van der Waals surface area contributed by atoms with E-state index in [1.165, 1.54) is 0 Å². The number of amides is 1. The maximum absolute atomic E-state index is 12.3. The van der Waals surface area contributed by atoms with Gasteiger partial charge in [-0.15, -0.1) is 0 Å². The Bertz CT molecular complexity index is 780. The number of fused-ring (bicyclic) bond motifs is 1. The standard InChI is InChI=1S/C17H15ClN2O3/c18-12-4-2-1-3-11(12)16-15(19)17(21)20(16)10-5-6-13-14(9-10)23-8-7-22-13/h1-6,9,15-16H,7-8,19H2/t15-,16+/m0/s1. The molecule has 23 heavy (non-hydrogen) atoms. The fourth-order valence-electron chi connectivity index (χ4n) is 3.03. The van der Waals surface area contributed by atoms with E-state index in [-0.39, 0.29) is 11.9 Å². The van der Waals surface area contributed by atoms with Crippen molar-refractivity contribution >= 4 is 23.2 Å². The topological polar surface area (TPSA) is 64.8 Å². The molecule has 0 radical (unpaired) electrons. The van der Waals surface area contributed by atoms with Crippen LogP contribution in [0.25, 0.3) is 0 Å². The molecule has 0 saturated carbocycles. The molecule has 1 saturated heterocycles. The van der Waals surface area contributed by atoms with Gasteiger partial charge in [-0.1, -0.05) is 29.8 Å². The zero-order valence-electron chi connectivity index (χ0n) is 12.2. The lowest BCUT2D eigenvalue weighted by Crippen LogP contribution is -2.63. The first kappa shape index (κ1) is 14.4. The van der Waals surface area contributed by atoms with Crippen LogP contribution in [0.1, 0.15) is 11.6 Å². The highest BCUT2D eigenvalue weighted by Crippen LogP contribution is 2.43. The maximum Gasteiger partial charge on any atom is 0.247 e. The van der Waals surface area contributed by atoms with Crippen molar-refractivity contribution in [3.05, 3.63) is 53.1 Å². The lowest BCUT2D eigenvalue weighted by atomic mass is 9.88. The van der Waals surface area contributed by atoms with Crippen molar-refractivity contribution < 1.29 is 14.3 Å². The van der Waals surface area contributed by atoms with Gasteiger partial charge in [-0.05, 0) is 23.8 Å². The second-order valence-electron chi connectivity index (χ2n) is 5.53. The van der Waals surface area contributed by atoms with Gasteiger partial charge in [0.05, 0.1) is 6.04 Å². The first-order chi connectivity index (χ1) is 11.2. The van der Waals surface area contributed by atoms with Gasteiger partial charge >= 0.3 is 0 Å². The van der Waals surface area contributed by atoms with Gasteiger partial charge in [0.2, 0.25) is 5.91 Å². The second-order valence-corrected chi connectivity index (χ2v) is 5.94. The molecule has 6 heteroatoms. The van der Waals surface area contributed by atoms with Gasteiger partial charge in [-0.3, -0.25) is 4.79 Å². The largest absolute Gasteiger partial charge is 0.486 e. The Balaban J connectivity index is 1.72. The summed E-state index contributed by atoms with van der Waals surface area (Å²) in [4.78, 5) is 14.0. The molecule has 0 aliphatic carbocycles. The normalized spacial score (nSPS) is 22.7. The predicted molar refractivity (Wildman–Crippen MR) is 87.1 cm³/mol. The van der Waals surface area contributed by atoms with E-state index in [1.54, 1.807) is 11.0 Å². The van der Waals surface area contributed by atoms with Gasteiger partial charge in [0, 0.05) is 16.8 Å². The molecule has 2 N–H and O–H groups in total. The minimum Gasteiger partial charge on any atom is -0.486 e. The summed E-state index contributed by atoms with van der Waals surface area (Å²) < 4.78 is 11.1. The first-order valence-corrected chi connectivity index (χ1v) is 7.77. The first-order valence-electron chi connectivity index (χ1n) is 7.39. The van der Waals surface area contributed by atoms with Crippen molar-refractivity contribution in [1.82, 2.24) is 0 Å². The Hall–Kier alpha value is -2.24. The molecule has 2 atom stereocenters. The predicted octanol–water partition coefficient (Wildman–Crippen LogP) is 2.53. The summed E-state index contributed by atoms with van der Waals surface area (Å²) in [6.45, 7) is 1.03. The molecule has 0 spiro atoms. The van der Waals surface area contributed by atoms with Gasteiger partial charge in [0.25, 0.3) is 0 Å². The molecule has 2 aliphatic heterocycles. The van der Waals surface area contributed by atoms with E-state index in [0.717, 1.165) is 11.3 Å². The van der Waals surface area contributed by atoms with E-state index >= 15 is 0 Å². The van der Waals surface area contributed by atoms with Crippen LogP contribution in [-0.2, 0) is 4.79 Å². The highest BCUT2D eigenvalue weighted by atomic mass is 35.5. The van der Waals surface area contributed by atoms with Crippen LogP contribution in [0.3, 0.4) is 0 Å². The Morgan fingerprint density at radius 1 is 1.09 bits per heavy atom. The molecule has 1 amide bonds. The molecular formula is C17H15ClN2O3. The monoisotopic (exact) mass is 330 g/mol. The average Bonchev–Trinajstić information content (AvgIpc) is 2.59. The number of carbonyl (C=O) groups is 1. The van der Waals surface area contributed by atoms with Crippen LogP contribution >= 0.6 is 11.6 Å². The van der Waals surface area contributed by atoms with Crippen LogP contribution < -0.4 is 20.1 Å². The third kappa shape index (κ3) is 2.24. The fraction of sp³-hybridized carbons (Fsp3) is 0.235. The second kappa shape index (κ2) is 5.44. The number of nitrogens with two attached hydrogens (primary N) is 1. The SMILES string of the molecule is N[C@@H]1C(=O)N(c2ccc3c(c2)OCCO3)[C@@H]1c1ccccc1Cl. The number of hydrogen-bond acceptors (Lipinski definition) is 4. The maximum atomic E-state index is 12.3. The molecule has 2 heterocycles. The highest BCUT2D eigenvalue weighted by Gasteiger charge is 2.47. The Morgan fingerprint density at radius 2 is 1.83 bits per heavy atom. The van der Waals surface area contributed by atoms with Crippen molar-refractivity contribution in [3.63, 3.8) is 0 Å². The molecule has 2 aromatic rings. The van der Waals surface area contributed by atoms with Crippen LogP contribution in [0.15, 0.2) is 42.5 Å². The number of benzene rings is 2. The smallest absolute Gasteiger partial charge is 0.247 e. The average molecular weight is 331 g/mol. The van der Waals surface area contributed by atoms with E-state index in [9.17, 15) is 4.79 Å². The van der Waals surface area contributed by atoms with E-state index in [4.69, 9.17) is 26.8 Å². The molecule has 1 fully saturated rings. The molecule has 4 rings (SSSR count). The van der Waals surface area contributed by atoms with Crippen molar-refractivity contribution in [2.24, 2.45) is 5.73 Å². The van der Waals surface area contributed by atoms with Crippen LogP contribution in [-0.4, -0.2) is 25.2 Å². The van der Waals surface area contributed by atoms with Crippen LogP contribution in [0.5, 0.6) is 11.5 Å². The lowest BCUT2D eigenvalue weighted by molar-refractivity contribution is -0.126. The Kier molecular flexibility index (Phi) is 3.39.